The zero-order chi connectivity index (χ0) is 18.8. The van der Waals surface area contributed by atoms with Crippen molar-refractivity contribution in [1.29, 1.82) is 0 Å². The summed E-state index contributed by atoms with van der Waals surface area (Å²) in [6.07, 6.45) is 3.91. The van der Waals surface area contributed by atoms with Gasteiger partial charge in [-0.1, -0.05) is 18.2 Å². The lowest BCUT2D eigenvalue weighted by Crippen LogP contribution is -1.98. The maximum Gasteiger partial charge on any atom is 0.227 e. The maximum atomic E-state index is 4.77. The van der Waals surface area contributed by atoms with Crippen LogP contribution in [0.25, 0.3) is 21.1 Å². The van der Waals surface area contributed by atoms with E-state index in [2.05, 4.69) is 33.8 Å². The molecule has 0 aliphatic carbocycles. The Labute approximate surface area is 170 Å². The van der Waals surface area contributed by atoms with Crippen LogP contribution in [0.4, 0.5) is 11.6 Å². The Morgan fingerprint density at radius 1 is 1.04 bits per heavy atom. The number of anilines is 2. The molecule has 0 bridgehead atoms. The van der Waals surface area contributed by atoms with E-state index >= 15 is 0 Å². The summed E-state index contributed by atoms with van der Waals surface area (Å²) in [5.74, 6) is 0.600. The molecular formula is C20H18N4S3. The smallest absolute Gasteiger partial charge is 0.227 e. The molecule has 4 aromatic rings. The molecule has 1 aromatic carbocycles. The monoisotopic (exact) mass is 410 g/mol. The van der Waals surface area contributed by atoms with Gasteiger partial charge in [-0.3, -0.25) is 0 Å². The van der Waals surface area contributed by atoms with Gasteiger partial charge in [0.2, 0.25) is 5.95 Å². The Morgan fingerprint density at radius 2 is 1.85 bits per heavy atom. The van der Waals surface area contributed by atoms with Crippen LogP contribution in [0.15, 0.2) is 52.2 Å². The van der Waals surface area contributed by atoms with Crippen LogP contribution in [-0.2, 0) is 0 Å². The third kappa shape index (κ3) is 3.76. The molecule has 0 saturated carbocycles. The highest BCUT2D eigenvalue weighted by atomic mass is 32.2. The molecule has 4 rings (SSSR count). The molecule has 0 radical (unpaired) electrons. The Balaban J connectivity index is 1.75. The van der Waals surface area contributed by atoms with E-state index in [-0.39, 0.29) is 0 Å². The van der Waals surface area contributed by atoms with Crippen molar-refractivity contribution in [3.8, 4) is 21.1 Å². The van der Waals surface area contributed by atoms with Crippen molar-refractivity contribution in [1.82, 2.24) is 15.0 Å². The van der Waals surface area contributed by atoms with Gasteiger partial charge in [0, 0.05) is 28.5 Å². The SMILES string of the molecule is CSc1sc(-c2nc(C)cs2)c(C)c1-c1ccnc(Nc2ccccc2)n1. The quantitative estimate of drug-likeness (QED) is 0.385. The topological polar surface area (TPSA) is 50.7 Å². The zero-order valence-corrected chi connectivity index (χ0v) is 17.6. The number of hydrogen-bond donors (Lipinski definition) is 1. The van der Waals surface area contributed by atoms with Crippen LogP contribution in [0.2, 0.25) is 0 Å². The fourth-order valence-electron chi connectivity index (χ4n) is 2.80. The summed E-state index contributed by atoms with van der Waals surface area (Å²) >= 11 is 5.23. The Morgan fingerprint density at radius 3 is 2.56 bits per heavy atom. The van der Waals surface area contributed by atoms with Crippen LogP contribution in [-0.4, -0.2) is 21.2 Å². The molecule has 0 spiro atoms. The minimum atomic E-state index is 0.600. The summed E-state index contributed by atoms with van der Waals surface area (Å²) in [5.41, 5.74) is 5.37. The van der Waals surface area contributed by atoms with Gasteiger partial charge in [-0.05, 0) is 43.9 Å². The lowest BCUT2D eigenvalue weighted by molar-refractivity contribution is 1.16. The minimum absolute atomic E-state index is 0.600. The second-order valence-electron chi connectivity index (χ2n) is 5.97. The highest BCUT2D eigenvalue weighted by molar-refractivity contribution is 8.00. The summed E-state index contributed by atoms with van der Waals surface area (Å²) in [6, 6.07) is 11.9. The summed E-state index contributed by atoms with van der Waals surface area (Å²) in [6.45, 7) is 4.19. The molecule has 0 aliphatic heterocycles. The van der Waals surface area contributed by atoms with Crippen LogP contribution in [0.1, 0.15) is 11.3 Å². The van der Waals surface area contributed by atoms with Crippen LogP contribution in [0.5, 0.6) is 0 Å². The molecule has 3 aromatic heterocycles. The molecule has 7 heteroatoms. The van der Waals surface area contributed by atoms with Crippen molar-refractivity contribution in [2.45, 2.75) is 18.1 Å². The van der Waals surface area contributed by atoms with Crippen molar-refractivity contribution in [2.24, 2.45) is 0 Å². The van der Waals surface area contributed by atoms with E-state index < -0.39 is 0 Å². The van der Waals surface area contributed by atoms with E-state index in [4.69, 9.17) is 4.98 Å². The number of thiophene rings is 1. The first-order valence-corrected chi connectivity index (χ1v) is 11.3. The molecule has 0 fully saturated rings. The van der Waals surface area contributed by atoms with Gasteiger partial charge >= 0.3 is 0 Å². The predicted octanol–water partition coefficient (Wildman–Crippen LogP) is 6.41. The maximum absolute atomic E-state index is 4.77. The summed E-state index contributed by atoms with van der Waals surface area (Å²) in [5, 5.41) is 6.45. The van der Waals surface area contributed by atoms with Gasteiger partial charge in [0.1, 0.15) is 5.01 Å². The molecule has 0 saturated heterocycles. The fourth-order valence-corrected chi connectivity index (χ4v) is 5.84. The van der Waals surface area contributed by atoms with Crippen molar-refractivity contribution >= 4 is 46.1 Å². The minimum Gasteiger partial charge on any atom is -0.324 e. The van der Waals surface area contributed by atoms with E-state index in [9.17, 15) is 0 Å². The van der Waals surface area contributed by atoms with E-state index in [1.807, 2.05) is 49.5 Å². The molecular weight excluding hydrogens is 392 g/mol. The number of nitrogens with one attached hydrogen (secondary N) is 1. The number of hydrogen-bond acceptors (Lipinski definition) is 7. The number of benzene rings is 1. The van der Waals surface area contributed by atoms with Crippen molar-refractivity contribution in [3.05, 3.63) is 59.2 Å². The van der Waals surface area contributed by atoms with E-state index in [0.29, 0.717) is 5.95 Å². The standard InChI is InChI=1S/C20H18N4S3/c1-12-11-26-18(22-12)17-13(2)16(19(25-3)27-17)15-9-10-21-20(24-15)23-14-7-5-4-6-8-14/h4-11H,1-3H3,(H,21,23,24). The van der Waals surface area contributed by atoms with Crippen LogP contribution >= 0.6 is 34.4 Å². The van der Waals surface area contributed by atoms with Crippen LogP contribution in [0, 0.1) is 13.8 Å². The first-order chi connectivity index (χ1) is 13.2. The van der Waals surface area contributed by atoms with Gasteiger partial charge in [-0.15, -0.1) is 34.4 Å². The number of nitrogens with zero attached hydrogens (tertiary/aromatic N) is 3. The number of aryl methyl sites for hydroxylation is 1. The third-order valence-electron chi connectivity index (χ3n) is 4.05. The number of thioether (sulfide) groups is 1. The van der Waals surface area contributed by atoms with Crippen LogP contribution < -0.4 is 5.32 Å². The van der Waals surface area contributed by atoms with E-state index in [1.165, 1.54) is 20.2 Å². The molecule has 0 unspecified atom stereocenters. The average Bonchev–Trinajstić information content (AvgIpc) is 3.25. The fraction of sp³-hybridized carbons (Fsp3) is 0.150. The molecule has 0 atom stereocenters. The van der Waals surface area contributed by atoms with Crippen molar-refractivity contribution in [2.75, 3.05) is 11.6 Å². The summed E-state index contributed by atoms with van der Waals surface area (Å²) < 4.78 is 1.25. The molecule has 4 nitrogen and oxygen atoms in total. The molecule has 0 amide bonds. The highest BCUT2D eigenvalue weighted by Crippen LogP contribution is 2.46. The number of para-hydroxylation sites is 1. The normalized spacial score (nSPS) is 10.9. The number of rotatable bonds is 5. The van der Waals surface area contributed by atoms with Crippen LogP contribution in [0.3, 0.4) is 0 Å². The van der Waals surface area contributed by atoms with Gasteiger partial charge in [0.05, 0.1) is 14.8 Å². The predicted molar refractivity (Wildman–Crippen MR) is 117 cm³/mol. The lowest BCUT2D eigenvalue weighted by atomic mass is 10.1. The van der Waals surface area contributed by atoms with Gasteiger partial charge in [0.25, 0.3) is 0 Å². The summed E-state index contributed by atoms with van der Waals surface area (Å²) in [7, 11) is 0. The van der Waals surface area contributed by atoms with E-state index in [0.717, 1.165) is 22.1 Å². The second-order valence-corrected chi connectivity index (χ2v) is 8.93. The third-order valence-corrected chi connectivity index (χ3v) is 7.58. The molecule has 136 valence electrons. The van der Waals surface area contributed by atoms with E-state index in [1.54, 1.807) is 34.4 Å². The Hall–Kier alpha value is -2.22. The number of thiazole rings is 1. The highest BCUT2D eigenvalue weighted by Gasteiger charge is 2.20. The van der Waals surface area contributed by atoms with Crippen molar-refractivity contribution in [3.63, 3.8) is 0 Å². The van der Waals surface area contributed by atoms with Gasteiger partial charge in [-0.2, -0.15) is 0 Å². The zero-order valence-electron chi connectivity index (χ0n) is 15.2. The first kappa shape index (κ1) is 18.2. The lowest BCUT2D eigenvalue weighted by Gasteiger charge is -2.08. The largest absolute Gasteiger partial charge is 0.324 e. The molecule has 0 aliphatic rings. The molecule has 1 N–H and O–H groups in total. The first-order valence-electron chi connectivity index (χ1n) is 8.41. The van der Waals surface area contributed by atoms with Crippen molar-refractivity contribution < 1.29 is 0 Å². The van der Waals surface area contributed by atoms with Gasteiger partial charge < -0.3 is 5.32 Å². The second kappa shape index (κ2) is 7.80. The van der Waals surface area contributed by atoms with Gasteiger partial charge in [-0.25, -0.2) is 15.0 Å². The average molecular weight is 411 g/mol. The summed E-state index contributed by atoms with van der Waals surface area (Å²) in [4.78, 5) is 15.0. The Bertz CT molecular complexity index is 1070. The molecule has 27 heavy (non-hydrogen) atoms. The molecule has 3 heterocycles. The van der Waals surface area contributed by atoms with Gasteiger partial charge in [0.15, 0.2) is 0 Å². The number of aromatic nitrogens is 3. The Kier molecular flexibility index (Phi) is 5.24.